The lowest BCUT2D eigenvalue weighted by molar-refractivity contribution is -0.118. The maximum absolute atomic E-state index is 12.8. The number of carbonyl (C=O) groups excluding carboxylic acids is 1. The molecule has 1 N–H and O–H groups in total. The van der Waals surface area contributed by atoms with Gasteiger partial charge in [-0.05, 0) is 43.9 Å². The van der Waals surface area contributed by atoms with Crippen LogP contribution in [0, 0.1) is 6.92 Å². The second kappa shape index (κ2) is 7.41. The van der Waals surface area contributed by atoms with Crippen molar-refractivity contribution >= 4 is 33.1 Å². The molecular formula is C20H23N3O2S. The molecule has 26 heavy (non-hydrogen) atoms. The smallest absolute Gasteiger partial charge is 0.262 e. The second-order valence-corrected chi connectivity index (χ2v) is 7.59. The molecule has 0 bridgehead atoms. The molecule has 0 aliphatic carbocycles. The van der Waals surface area contributed by atoms with Crippen molar-refractivity contribution in [2.75, 3.05) is 5.32 Å². The molecule has 2 aromatic heterocycles. The van der Waals surface area contributed by atoms with Crippen LogP contribution in [0.4, 0.5) is 5.69 Å². The van der Waals surface area contributed by atoms with E-state index in [1.807, 2.05) is 31.2 Å². The summed E-state index contributed by atoms with van der Waals surface area (Å²) in [7, 11) is 0. The van der Waals surface area contributed by atoms with E-state index in [0.29, 0.717) is 10.2 Å². The standard InChI is InChI=1S/C20H23N3O2S/c1-5-14-8-7-9-15(6-2)17(14)22-18(24)13(4)23-11-21-19-16(20(23)25)10-12(3)26-19/h7-11,13H,5-6H2,1-4H3,(H,22,24)/t13-/m0/s1. The monoisotopic (exact) mass is 369 g/mol. The molecule has 3 aromatic rings. The van der Waals surface area contributed by atoms with Crippen LogP contribution in [0.3, 0.4) is 0 Å². The number of aromatic nitrogens is 2. The van der Waals surface area contributed by atoms with E-state index in [9.17, 15) is 9.59 Å². The Labute approximate surface area is 156 Å². The molecule has 5 nitrogen and oxygen atoms in total. The molecule has 0 aliphatic rings. The minimum atomic E-state index is -0.644. The summed E-state index contributed by atoms with van der Waals surface area (Å²) in [4.78, 5) is 31.7. The van der Waals surface area contributed by atoms with E-state index in [1.165, 1.54) is 22.2 Å². The Balaban J connectivity index is 1.94. The first-order chi connectivity index (χ1) is 12.5. The summed E-state index contributed by atoms with van der Waals surface area (Å²) >= 11 is 1.48. The van der Waals surface area contributed by atoms with Gasteiger partial charge in [0.2, 0.25) is 5.91 Å². The Kier molecular flexibility index (Phi) is 5.23. The minimum absolute atomic E-state index is 0.179. The maximum atomic E-state index is 12.8. The molecule has 0 spiro atoms. The molecule has 0 radical (unpaired) electrons. The molecule has 2 heterocycles. The van der Waals surface area contributed by atoms with Crippen molar-refractivity contribution < 1.29 is 4.79 Å². The van der Waals surface area contributed by atoms with E-state index in [4.69, 9.17) is 0 Å². The Bertz CT molecular complexity index is 997. The van der Waals surface area contributed by atoms with Crippen molar-refractivity contribution in [2.45, 2.75) is 46.6 Å². The molecule has 0 aliphatic heterocycles. The van der Waals surface area contributed by atoms with Gasteiger partial charge in [0.25, 0.3) is 5.56 Å². The molecule has 136 valence electrons. The molecule has 0 saturated heterocycles. The summed E-state index contributed by atoms with van der Waals surface area (Å²) in [5.41, 5.74) is 2.88. The van der Waals surface area contributed by atoms with Gasteiger partial charge in [0.05, 0.1) is 11.7 Å². The number of nitrogens with one attached hydrogen (secondary N) is 1. The molecule has 0 saturated carbocycles. The third kappa shape index (κ3) is 3.29. The average Bonchev–Trinajstić information content (AvgIpc) is 3.03. The third-order valence-corrected chi connectivity index (χ3v) is 5.60. The Morgan fingerprint density at radius 3 is 2.54 bits per heavy atom. The van der Waals surface area contributed by atoms with Gasteiger partial charge < -0.3 is 5.32 Å². The van der Waals surface area contributed by atoms with E-state index >= 15 is 0 Å². The van der Waals surface area contributed by atoms with E-state index in [1.54, 1.807) is 6.92 Å². The van der Waals surface area contributed by atoms with Crippen molar-refractivity contribution in [1.82, 2.24) is 9.55 Å². The van der Waals surface area contributed by atoms with Gasteiger partial charge in [-0.1, -0.05) is 32.0 Å². The first kappa shape index (κ1) is 18.3. The van der Waals surface area contributed by atoms with Crippen molar-refractivity contribution in [2.24, 2.45) is 0 Å². The number of nitrogens with zero attached hydrogens (tertiary/aromatic N) is 2. The number of amides is 1. The highest BCUT2D eigenvalue weighted by molar-refractivity contribution is 7.18. The van der Waals surface area contributed by atoms with Gasteiger partial charge in [0, 0.05) is 10.6 Å². The van der Waals surface area contributed by atoms with Crippen LogP contribution in [-0.4, -0.2) is 15.5 Å². The summed E-state index contributed by atoms with van der Waals surface area (Å²) < 4.78 is 1.41. The molecule has 6 heteroatoms. The zero-order chi connectivity index (χ0) is 18.8. The molecule has 0 unspecified atom stereocenters. The lowest BCUT2D eigenvalue weighted by Crippen LogP contribution is -2.32. The summed E-state index contributed by atoms with van der Waals surface area (Å²) in [6.45, 7) is 7.80. The minimum Gasteiger partial charge on any atom is -0.324 e. The lowest BCUT2D eigenvalue weighted by atomic mass is 10.0. The van der Waals surface area contributed by atoms with Gasteiger partial charge in [0.15, 0.2) is 0 Å². The highest BCUT2D eigenvalue weighted by Crippen LogP contribution is 2.24. The normalized spacial score (nSPS) is 12.3. The summed E-state index contributed by atoms with van der Waals surface area (Å²) in [6.07, 6.45) is 3.14. The predicted octanol–water partition coefficient (Wildman–Crippen LogP) is 4.09. The van der Waals surface area contributed by atoms with Gasteiger partial charge in [-0.2, -0.15) is 0 Å². The number of thiophene rings is 1. The zero-order valence-corrected chi connectivity index (χ0v) is 16.3. The number of hydrogen-bond donors (Lipinski definition) is 1. The van der Waals surface area contributed by atoms with E-state index in [-0.39, 0.29) is 11.5 Å². The molecular weight excluding hydrogens is 346 g/mol. The van der Waals surface area contributed by atoms with Crippen molar-refractivity contribution in [3.05, 3.63) is 57.0 Å². The first-order valence-corrected chi connectivity index (χ1v) is 9.66. The van der Waals surface area contributed by atoms with E-state index < -0.39 is 6.04 Å². The van der Waals surface area contributed by atoms with Gasteiger partial charge in [-0.25, -0.2) is 4.98 Å². The van der Waals surface area contributed by atoms with Gasteiger partial charge in [0.1, 0.15) is 10.9 Å². The predicted molar refractivity (Wildman–Crippen MR) is 107 cm³/mol. The van der Waals surface area contributed by atoms with Crippen LogP contribution >= 0.6 is 11.3 Å². The van der Waals surface area contributed by atoms with Crippen LogP contribution in [0.15, 0.2) is 35.4 Å². The van der Waals surface area contributed by atoms with Crippen LogP contribution in [-0.2, 0) is 17.6 Å². The van der Waals surface area contributed by atoms with Crippen LogP contribution in [0.2, 0.25) is 0 Å². The van der Waals surface area contributed by atoms with Crippen LogP contribution in [0.5, 0.6) is 0 Å². The number of fused-ring (bicyclic) bond motifs is 1. The number of benzene rings is 1. The van der Waals surface area contributed by atoms with Crippen molar-refractivity contribution in [3.63, 3.8) is 0 Å². The van der Waals surface area contributed by atoms with Gasteiger partial charge in [-0.15, -0.1) is 11.3 Å². The number of hydrogen-bond acceptors (Lipinski definition) is 4. The first-order valence-electron chi connectivity index (χ1n) is 8.85. The molecule has 0 fully saturated rings. The SMILES string of the molecule is CCc1cccc(CC)c1NC(=O)[C@H](C)n1cnc2sc(C)cc2c1=O. The second-order valence-electron chi connectivity index (χ2n) is 6.36. The van der Waals surface area contributed by atoms with Crippen LogP contribution < -0.4 is 10.9 Å². The summed E-state index contributed by atoms with van der Waals surface area (Å²) in [5, 5.41) is 3.60. The van der Waals surface area contributed by atoms with Gasteiger partial charge in [-0.3, -0.25) is 14.2 Å². The molecule has 1 amide bonds. The lowest BCUT2D eigenvalue weighted by Gasteiger charge is -2.18. The summed E-state index contributed by atoms with van der Waals surface area (Å²) in [5.74, 6) is -0.212. The number of anilines is 1. The average molecular weight is 369 g/mol. The highest BCUT2D eigenvalue weighted by Gasteiger charge is 2.20. The number of para-hydroxylation sites is 1. The van der Waals surface area contributed by atoms with E-state index in [2.05, 4.69) is 24.1 Å². The maximum Gasteiger partial charge on any atom is 0.262 e. The number of aryl methyl sites for hydroxylation is 3. The Morgan fingerprint density at radius 2 is 1.92 bits per heavy atom. The Morgan fingerprint density at radius 1 is 1.27 bits per heavy atom. The van der Waals surface area contributed by atoms with Crippen LogP contribution in [0.25, 0.3) is 10.2 Å². The summed E-state index contributed by atoms with van der Waals surface area (Å²) in [6, 6.07) is 7.24. The third-order valence-electron chi connectivity index (χ3n) is 4.64. The van der Waals surface area contributed by atoms with Crippen LogP contribution in [0.1, 0.15) is 42.8 Å². The van der Waals surface area contributed by atoms with Gasteiger partial charge >= 0.3 is 0 Å². The number of rotatable bonds is 5. The highest BCUT2D eigenvalue weighted by atomic mass is 32.1. The number of carbonyl (C=O) groups is 1. The fraction of sp³-hybridized carbons (Fsp3) is 0.350. The topological polar surface area (TPSA) is 64.0 Å². The molecule has 1 aromatic carbocycles. The molecule has 3 rings (SSSR count). The largest absolute Gasteiger partial charge is 0.324 e. The fourth-order valence-corrected chi connectivity index (χ4v) is 3.93. The van der Waals surface area contributed by atoms with Crippen molar-refractivity contribution in [1.29, 1.82) is 0 Å². The quantitative estimate of drug-likeness (QED) is 0.737. The van der Waals surface area contributed by atoms with E-state index in [0.717, 1.165) is 34.5 Å². The fourth-order valence-electron chi connectivity index (χ4n) is 3.09. The zero-order valence-electron chi connectivity index (χ0n) is 15.5. The Hall–Kier alpha value is -2.47. The van der Waals surface area contributed by atoms with Crippen molar-refractivity contribution in [3.8, 4) is 0 Å². The molecule has 1 atom stereocenters.